The zero-order chi connectivity index (χ0) is 25.6. The molecule has 2 spiro atoms. The molecule has 5 saturated carbocycles. The van der Waals surface area contributed by atoms with Crippen molar-refractivity contribution >= 4 is 5.97 Å². The van der Waals surface area contributed by atoms with Gasteiger partial charge in [0.25, 0.3) is 0 Å². The number of hydrogen-bond acceptors (Lipinski definition) is 6. The SMILES string of the molecule is C/C=C/C=C/C(=O)Oc1ccc2c3c1O[C@@H]1[C@]34CC3[C@]45CC[C@]1(OC)[C@]3(C(C)(C)O)N(CC1CC1)[C@@H]5C2. The number of carbonyl (C=O) groups excluding carboxylic acids is 1. The van der Waals surface area contributed by atoms with Gasteiger partial charge >= 0.3 is 5.97 Å². The number of carbonyl (C=O) groups is 1. The summed E-state index contributed by atoms with van der Waals surface area (Å²) in [4.78, 5) is 15.4. The minimum Gasteiger partial charge on any atom is -0.482 e. The third-order valence-electron chi connectivity index (χ3n) is 11.8. The number of allylic oxidation sites excluding steroid dienone is 3. The molecule has 0 radical (unpaired) electrons. The number of fused-ring (bicyclic) bond motifs is 1. The first-order valence-corrected chi connectivity index (χ1v) is 14.1. The zero-order valence-electron chi connectivity index (χ0n) is 22.3. The van der Waals surface area contributed by atoms with Crippen LogP contribution < -0.4 is 9.47 Å². The van der Waals surface area contributed by atoms with Crippen molar-refractivity contribution < 1.29 is 24.1 Å². The first kappa shape index (κ1) is 22.8. The highest BCUT2D eigenvalue weighted by molar-refractivity contribution is 5.85. The lowest BCUT2D eigenvalue weighted by Crippen LogP contribution is -2.92. The maximum atomic E-state index is 12.6. The monoisotopic (exact) mass is 503 g/mol. The first-order valence-electron chi connectivity index (χ1n) is 14.1. The fourth-order valence-corrected chi connectivity index (χ4v) is 11.1. The highest BCUT2D eigenvalue weighted by atomic mass is 16.6. The third-order valence-corrected chi connectivity index (χ3v) is 11.8. The van der Waals surface area contributed by atoms with E-state index in [1.54, 1.807) is 6.08 Å². The van der Waals surface area contributed by atoms with Gasteiger partial charge in [-0.1, -0.05) is 24.3 Å². The number of methoxy groups -OCH3 is 1. The highest BCUT2D eigenvalue weighted by Crippen LogP contribution is 2.90. The molecular weight excluding hydrogens is 466 g/mol. The fourth-order valence-electron chi connectivity index (χ4n) is 11.1. The summed E-state index contributed by atoms with van der Waals surface area (Å²) in [6.45, 7) is 6.98. The second-order valence-electron chi connectivity index (χ2n) is 13.2. The molecule has 1 aromatic rings. The fraction of sp³-hybridized carbons (Fsp3) is 0.645. The normalized spacial score (nSPS) is 44.0. The van der Waals surface area contributed by atoms with Crippen molar-refractivity contribution in [1.29, 1.82) is 0 Å². The van der Waals surface area contributed by atoms with Gasteiger partial charge in [0.15, 0.2) is 11.5 Å². The van der Waals surface area contributed by atoms with Crippen LogP contribution in [-0.4, -0.2) is 58.5 Å². The molecule has 6 aliphatic carbocycles. The van der Waals surface area contributed by atoms with Gasteiger partial charge < -0.3 is 19.3 Å². The van der Waals surface area contributed by atoms with Crippen molar-refractivity contribution in [3.8, 4) is 11.5 Å². The Bertz CT molecular complexity index is 1290. The van der Waals surface area contributed by atoms with Crippen LogP contribution in [-0.2, 0) is 21.4 Å². The van der Waals surface area contributed by atoms with E-state index in [-0.39, 0.29) is 16.9 Å². The van der Waals surface area contributed by atoms with E-state index < -0.39 is 22.7 Å². The lowest BCUT2D eigenvalue weighted by Gasteiger charge is -2.80. The van der Waals surface area contributed by atoms with Crippen LogP contribution >= 0.6 is 0 Å². The van der Waals surface area contributed by atoms with E-state index in [9.17, 15) is 9.90 Å². The summed E-state index contributed by atoms with van der Waals surface area (Å²) < 4.78 is 19.6. The molecule has 0 amide bonds. The lowest BCUT2D eigenvalue weighted by atomic mass is 9.23. The number of benzene rings is 1. The van der Waals surface area contributed by atoms with Crippen molar-refractivity contribution in [2.45, 2.75) is 93.6 Å². The van der Waals surface area contributed by atoms with Gasteiger partial charge in [0.05, 0.1) is 11.1 Å². The average molecular weight is 504 g/mol. The van der Waals surface area contributed by atoms with Crippen LogP contribution in [0, 0.1) is 17.3 Å². The van der Waals surface area contributed by atoms with Gasteiger partial charge in [-0.3, -0.25) is 4.90 Å². The van der Waals surface area contributed by atoms with Crippen molar-refractivity contribution in [2.24, 2.45) is 17.3 Å². The predicted molar refractivity (Wildman–Crippen MR) is 138 cm³/mol. The van der Waals surface area contributed by atoms with Crippen LogP contribution in [0.1, 0.15) is 64.0 Å². The molecule has 1 unspecified atom stereocenters. The Kier molecular flexibility index (Phi) is 4.13. The van der Waals surface area contributed by atoms with Crippen LogP contribution in [0.25, 0.3) is 0 Å². The molecule has 6 nitrogen and oxygen atoms in total. The summed E-state index contributed by atoms with van der Waals surface area (Å²) in [5, 5.41) is 12.2. The van der Waals surface area contributed by atoms with Crippen LogP contribution in [0.15, 0.2) is 36.4 Å². The average Bonchev–Trinajstić information content (AvgIpc) is 3.55. The maximum Gasteiger partial charge on any atom is 0.336 e. The molecule has 1 saturated heterocycles. The molecule has 0 aromatic heterocycles. The smallest absolute Gasteiger partial charge is 0.336 e. The van der Waals surface area contributed by atoms with Crippen molar-refractivity contribution in [3.05, 3.63) is 47.6 Å². The number of rotatable bonds is 7. The van der Waals surface area contributed by atoms with Gasteiger partial charge in [-0.05, 0) is 82.8 Å². The molecule has 5 bridgehead atoms. The van der Waals surface area contributed by atoms with Gasteiger partial charge in [0.1, 0.15) is 11.7 Å². The largest absolute Gasteiger partial charge is 0.482 e. The Morgan fingerprint density at radius 2 is 2.08 bits per heavy atom. The van der Waals surface area contributed by atoms with Crippen molar-refractivity contribution in [2.75, 3.05) is 13.7 Å². The summed E-state index contributed by atoms with van der Waals surface area (Å²) in [6.07, 6.45) is 13.1. The second-order valence-corrected chi connectivity index (χ2v) is 13.2. The summed E-state index contributed by atoms with van der Waals surface area (Å²) in [5.41, 5.74) is 0.428. The molecule has 1 aromatic carbocycles. The minimum absolute atomic E-state index is 0.0690. The van der Waals surface area contributed by atoms with Gasteiger partial charge in [-0.15, -0.1) is 0 Å². The number of likely N-dealkylation sites (tertiary alicyclic amines) is 1. The molecule has 196 valence electrons. The van der Waals surface area contributed by atoms with Crippen LogP contribution in [0.5, 0.6) is 11.5 Å². The molecule has 6 fully saturated rings. The Labute approximate surface area is 218 Å². The summed E-state index contributed by atoms with van der Waals surface area (Å²) >= 11 is 0. The second kappa shape index (κ2) is 6.70. The van der Waals surface area contributed by atoms with E-state index in [1.165, 1.54) is 30.0 Å². The number of hydrogen-bond donors (Lipinski definition) is 1. The van der Waals surface area contributed by atoms with Gasteiger partial charge in [-0.25, -0.2) is 4.79 Å². The van der Waals surface area contributed by atoms with E-state index >= 15 is 0 Å². The Morgan fingerprint density at radius 3 is 2.78 bits per heavy atom. The third kappa shape index (κ3) is 2.13. The van der Waals surface area contributed by atoms with E-state index in [0.717, 1.165) is 38.0 Å². The van der Waals surface area contributed by atoms with E-state index in [4.69, 9.17) is 14.2 Å². The van der Waals surface area contributed by atoms with Gasteiger partial charge in [0, 0.05) is 42.2 Å². The number of esters is 1. The van der Waals surface area contributed by atoms with Crippen LogP contribution in [0.2, 0.25) is 0 Å². The Hall–Kier alpha value is -2.15. The molecule has 9 rings (SSSR count). The standard InChI is InChI=1S/C31H37NO5/c1-5-6-7-8-23(33)36-20-12-11-19-15-22-28-13-14-30(35-4)26-29(28,24(19)25(20)37-26)16-21(28)31(30,27(2,3)34)32(22)17-18-9-10-18/h5-8,11-12,18,21-22,26,34H,9-10,13-17H2,1-4H3/b6-5+,8-7+/t21?,22-,26-,28+,29+,30-,31+/m1/s1. The quantitative estimate of drug-likeness (QED) is 0.262. The molecule has 2 heterocycles. The molecule has 2 aliphatic heterocycles. The van der Waals surface area contributed by atoms with Crippen molar-refractivity contribution in [1.82, 2.24) is 4.90 Å². The van der Waals surface area contributed by atoms with Crippen LogP contribution in [0.3, 0.4) is 0 Å². The Balaban J connectivity index is 1.33. The topological polar surface area (TPSA) is 68.2 Å². The zero-order valence-corrected chi connectivity index (χ0v) is 22.3. The molecule has 6 heteroatoms. The summed E-state index contributed by atoms with van der Waals surface area (Å²) in [6, 6.07) is 4.47. The summed E-state index contributed by atoms with van der Waals surface area (Å²) in [7, 11) is 1.83. The molecule has 8 aliphatic rings. The first-order chi connectivity index (χ1) is 17.7. The number of aliphatic hydroxyl groups is 1. The van der Waals surface area contributed by atoms with Crippen LogP contribution in [0.4, 0.5) is 0 Å². The van der Waals surface area contributed by atoms with Gasteiger partial charge in [0.2, 0.25) is 0 Å². The molecule has 1 N–H and O–H groups in total. The van der Waals surface area contributed by atoms with E-state index in [0.29, 0.717) is 23.6 Å². The predicted octanol–water partition coefficient (Wildman–Crippen LogP) is 4.08. The van der Waals surface area contributed by atoms with Crippen molar-refractivity contribution in [3.63, 3.8) is 0 Å². The number of ether oxygens (including phenoxy) is 3. The minimum atomic E-state index is -0.955. The lowest BCUT2D eigenvalue weighted by molar-refractivity contribution is -0.352. The Morgan fingerprint density at radius 1 is 1.27 bits per heavy atom. The number of nitrogens with zero attached hydrogens (tertiary/aromatic N) is 1. The molecule has 37 heavy (non-hydrogen) atoms. The van der Waals surface area contributed by atoms with E-state index in [1.807, 2.05) is 46.1 Å². The van der Waals surface area contributed by atoms with Gasteiger partial charge in [-0.2, -0.15) is 0 Å². The highest BCUT2D eigenvalue weighted by Gasteiger charge is 2.98. The molecule has 7 atom stereocenters. The molecular formula is C31H37NO5. The maximum absolute atomic E-state index is 12.6. The van der Waals surface area contributed by atoms with E-state index in [2.05, 4.69) is 11.0 Å². The summed E-state index contributed by atoms with van der Waals surface area (Å²) in [5.74, 6) is 1.92.